The van der Waals surface area contributed by atoms with E-state index in [0.29, 0.717) is 6.54 Å². The highest BCUT2D eigenvalue weighted by Gasteiger charge is 2.36. The van der Waals surface area contributed by atoms with Crippen molar-refractivity contribution in [1.82, 2.24) is 4.90 Å². The predicted octanol–water partition coefficient (Wildman–Crippen LogP) is 2.23. The van der Waals surface area contributed by atoms with Crippen LogP contribution in [0.1, 0.15) is 5.56 Å². The Morgan fingerprint density at radius 1 is 1.29 bits per heavy atom. The molecule has 0 aliphatic heterocycles. The molecule has 1 aromatic rings. The maximum Gasteiger partial charge on any atom is 0.421 e. The van der Waals surface area contributed by atoms with Crippen LogP contribution in [0.15, 0.2) is 18.2 Å². The van der Waals surface area contributed by atoms with Crippen LogP contribution in [0.3, 0.4) is 0 Å². The number of benzene rings is 1. The Bertz CT molecular complexity index is 377. The number of nitrogens with two attached hydrogens (primary N) is 1. The van der Waals surface area contributed by atoms with Crippen LogP contribution in [0.25, 0.3) is 0 Å². The van der Waals surface area contributed by atoms with Gasteiger partial charge in [0.25, 0.3) is 0 Å². The topological polar surface area (TPSA) is 38.5 Å². The third-order valence-electron chi connectivity index (χ3n) is 2.14. The third kappa shape index (κ3) is 3.81. The predicted molar refractivity (Wildman–Crippen MR) is 59.9 cm³/mol. The minimum atomic E-state index is -4.50. The Morgan fingerprint density at radius 2 is 1.94 bits per heavy atom. The molecule has 2 N–H and O–H groups in total. The molecule has 0 bridgehead atoms. The van der Waals surface area contributed by atoms with Crippen LogP contribution in [-0.2, 0) is 6.18 Å². The van der Waals surface area contributed by atoms with E-state index < -0.39 is 11.7 Å². The second kappa shape index (κ2) is 5.27. The molecule has 0 aliphatic rings. The van der Waals surface area contributed by atoms with Gasteiger partial charge in [0.2, 0.25) is 0 Å². The molecule has 0 amide bonds. The van der Waals surface area contributed by atoms with Gasteiger partial charge in [-0.25, -0.2) is 0 Å². The van der Waals surface area contributed by atoms with Gasteiger partial charge in [-0.1, -0.05) is 6.07 Å². The van der Waals surface area contributed by atoms with Gasteiger partial charge in [-0.05, 0) is 26.2 Å². The molecule has 0 saturated heterocycles. The largest absolute Gasteiger partial charge is 0.492 e. The zero-order chi connectivity index (χ0) is 13.1. The minimum absolute atomic E-state index is 0.180. The summed E-state index contributed by atoms with van der Waals surface area (Å²) in [5, 5.41) is 0. The number of nitrogen functional groups attached to an aromatic ring is 1. The van der Waals surface area contributed by atoms with Crippen LogP contribution >= 0.6 is 0 Å². The van der Waals surface area contributed by atoms with Crippen LogP contribution in [0, 0.1) is 0 Å². The Morgan fingerprint density at radius 3 is 2.47 bits per heavy atom. The second-order valence-corrected chi connectivity index (χ2v) is 3.87. The molecule has 6 heteroatoms. The summed E-state index contributed by atoms with van der Waals surface area (Å²) < 4.78 is 43.3. The first-order valence-corrected chi connectivity index (χ1v) is 5.05. The molecule has 0 fully saturated rings. The van der Waals surface area contributed by atoms with Gasteiger partial charge in [-0.3, -0.25) is 0 Å². The molecule has 0 atom stereocenters. The fourth-order valence-electron chi connectivity index (χ4n) is 1.31. The lowest BCUT2D eigenvalue weighted by Crippen LogP contribution is -2.20. The number of anilines is 1. The van der Waals surface area contributed by atoms with Crippen molar-refractivity contribution in [2.75, 3.05) is 33.0 Å². The molecule has 0 aliphatic carbocycles. The standard InChI is InChI=1S/C11H15F3N2O/c1-16(2)6-7-17-9-5-3-4-8(15)10(9)11(12,13)14/h3-5H,6-7,15H2,1-2H3. The summed E-state index contributed by atoms with van der Waals surface area (Å²) in [6, 6.07) is 3.92. The minimum Gasteiger partial charge on any atom is -0.492 e. The van der Waals surface area contributed by atoms with Gasteiger partial charge in [0.1, 0.15) is 17.9 Å². The number of hydrogen-bond acceptors (Lipinski definition) is 3. The monoisotopic (exact) mass is 248 g/mol. The van der Waals surface area contributed by atoms with E-state index in [9.17, 15) is 13.2 Å². The Hall–Kier alpha value is -1.43. The maximum atomic E-state index is 12.7. The molecule has 0 heterocycles. The van der Waals surface area contributed by atoms with Gasteiger partial charge in [0, 0.05) is 12.2 Å². The molecule has 0 saturated carbocycles. The summed E-state index contributed by atoms with van der Waals surface area (Å²) in [5.41, 5.74) is 4.11. The molecular weight excluding hydrogens is 233 g/mol. The number of rotatable bonds is 4. The van der Waals surface area contributed by atoms with Crippen molar-refractivity contribution in [3.05, 3.63) is 23.8 Å². The van der Waals surface area contributed by atoms with Crippen molar-refractivity contribution < 1.29 is 17.9 Å². The maximum absolute atomic E-state index is 12.7. The number of hydrogen-bond donors (Lipinski definition) is 1. The third-order valence-corrected chi connectivity index (χ3v) is 2.14. The normalized spacial score (nSPS) is 11.9. The van der Waals surface area contributed by atoms with Gasteiger partial charge in [0.15, 0.2) is 0 Å². The van der Waals surface area contributed by atoms with E-state index in [1.165, 1.54) is 18.2 Å². The van der Waals surface area contributed by atoms with Crippen molar-refractivity contribution in [2.45, 2.75) is 6.18 Å². The highest BCUT2D eigenvalue weighted by molar-refractivity contribution is 5.55. The smallest absolute Gasteiger partial charge is 0.421 e. The fourth-order valence-corrected chi connectivity index (χ4v) is 1.31. The average Bonchev–Trinajstić information content (AvgIpc) is 2.14. The molecule has 0 aromatic heterocycles. The first-order valence-electron chi connectivity index (χ1n) is 5.05. The van der Waals surface area contributed by atoms with E-state index in [0.717, 1.165) is 0 Å². The SMILES string of the molecule is CN(C)CCOc1cccc(N)c1C(F)(F)F. The van der Waals surface area contributed by atoms with E-state index in [1.807, 2.05) is 19.0 Å². The van der Waals surface area contributed by atoms with Crippen molar-refractivity contribution in [3.63, 3.8) is 0 Å². The van der Waals surface area contributed by atoms with E-state index in [2.05, 4.69) is 0 Å². The van der Waals surface area contributed by atoms with E-state index in [4.69, 9.17) is 10.5 Å². The van der Waals surface area contributed by atoms with Gasteiger partial charge in [-0.15, -0.1) is 0 Å². The van der Waals surface area contributed by atoms with Crippen molar-refractivity contribution in [1.29, 1.82) is 0 Å². The highest BCUT2D eigenvalue weighted by Crippen LogP contribution is 2.39. The zero-order valence-electron chi connectivity index (χ0n) is 9.71. The Balaban J connectivity index is 2.88. The summed E-state index contributed by atoms with van der Waals surface area (Å²) in [4.78, 5) is 1.82. The first-order chi connectivity index (χ1) is 7.82. The summed E-state index contributed by atoms with van der Waals surface area (Å²) in [6.45, 7) is 0.714. The molecule has 1 aromatic carbocycles. The highest BCUT2D eigenvalue weighted by atomic mass is 19.4. The van der Waals surface area contributed by atoms with Crippen LogP contribution < -0.4 is 10.5 Å². The quantitative estimate of drug-likeness (QED) is 0.830. The molecule has 0 radical (unpaired) electrons. The van der Waals surface area contributed by atoms with E-state index in [-0.39, 0.29) is 18.0 Å². The summed E-state index contributed by atoms with van der Waals surface area (Å²) >= 11 is 0. The molecular formula is C11H15F3N2O. The van der Waals surface area contributed by atoms with Crippen LogP contribution in [0.4, 0.5) is 18.9 Å². The molecule has 1 rings (SSSR count). The molecule has 17 heavy (non-hydrogen) atoms. The van der Waals surface area contributed by atoms with Crippen molar-refractivity contribution >= 4 is 5.69 Å². The summed E-state index contributed by atoms with van der Waals surface area (Å²) in [5.74, 6) is -0.223. The number of halogens is 3. The lowest BCUT2D eigenvalue weighted by Gasteiger charge is -2.17. The molecule has 0 spiro atoms. The van der Waals surface area contributed by atoms with Crippen LogP contribution in [0.2, 0.25) is 0 Å². The average molecular weight is 248 g/mol. The Kier molecular flexibility index (Phi) is 4.22. The molecule has 0 unspecified atom stereocenters. The first kappa shape index (κ1) is 13.6. The Labute approximate surface area is 98.0 Å². The lowest BCUT2D eigenvalue weighted by molar-refractivity contribution is -0.138. The van der Waals surface area contributed by atoms with Crippen LogP contribution in [-0.4, -0.2) is 32.1 Å². The number of alkyl halides is 3. The van der Waals surface area contributed by atoms with E-state index >= 15 is 0 Å². The second-order valence-electron chi connectivity index (χ2n) is 3.87. The van der Waals surface area contributed by atoms with Crippen LogP contribution in [0.5, 0.6) is 5.75 Å². The van der Waals surface area contributed by atoms with Gasteiger partial charge in [-0.2, -0.15) is 13.2 Å². The van der Waals surface area contributed by atoms with Gasteiger partial charge in [0.05, 0.1) is 0 Å². The molecule has 96 valence electrons. The number of ether oxygens (including phenoxy) is 1. The molecule has 3 nitrogen and oxygen atoms in total. The summed E-state index contributed by atoms with van der Waals surface area (Å²) in [7, 11) is 3.63. The van der Waals surface area contributed by atoms with E-state index in [1.54, 1.807) is 0 Å². The summed E-state index contributed by atoms with van der Waals surface area (Å²) in [6.07, 6.45) is -4.50. The van der Waals surface area contributed by atoms with Crippen molar-refractivity contribution in [2.24, 2.45) is 0 Å². The van der Waals surface area contributed by atoms with Gasteiger partial charge >= 0.3 is 6.18 Å². The zero-order valence-corrected chi connectivity index (χ0v) is 9.71. The van der Waals surface area contributed by atoms with Crippen molar-refractivity contribution in [3.8, 4) is 5.75 Å². The number of likely N-dealkylation sites (N-methyl/N-ethyl adjacent to an activating group) is 1. The van der Waals surface area contributed by atoms with Gasteiger partial charge < -0.3 is 15.4 Å². The fraction of sp³-hybridized carbons (Fsp3) is 0.455. The lowest BCUT2D eigenvalue weighted by atomic mass is 10.1. The number of nitrogens with zero attached hydrogens (tertiary/aromatic N) is 1.